The van der Waals surface area contributed by atoms with Crippen LogP contribution < -0.4 is 30.7 Å². The number of piperazine rings is 1. The van der Waals surface area contributed by atoms with Gasteiger partial charge in [-0.2, -0.15) is 10.5 Å². The number of anilines is 4. The lowest BCUT2D eigenvalue weighted by molar-refractivity contribution is 0.0357. The van der Waals surface area contributed by atoms with Gasteiger partial charge < -0.3 is 38.8 Å². The van der Waals surface area contributed by atoms with Crippen molar-refractivity contribution in [2.75, 3.05) is 105 Å². The Hall–Kier alpha value is -5.04. The number of pyridine rings is 2. The van der Waals surface area contributed by atoms with E-state index in [0.717, 1.165) is 149 Å². The molecule has 2 aromatic carbocycles. The molecule has 0 unspecified atom stereocenters. The van der Waals surface area contributed by atoms with E-state index in [9.17, 15) is 20.1 Å². The first-order valence-corrected chi connectivity index (χ1v) is 21.3. The number of nitriles is 2. The van der Waals surface area contributed by atoms with Crippen molar-refractivity contribution in [1.82, 2.24) is 14.5 Å². The molecular formula is C45H53N9O3. The van der Waals surface area contributed by atoms with E-state index < -0.39 is 0 Å². The average molecular weight is 768 g/mol. The molecule has 2 aromatic heterocycles. The number of likely N-dealkylation sites (N-methyl/N-ethyl adjacent to an activating group) is 1. The molecule has 0 bridgehead atoms. The topological polar surface area (TPSA) is 128 Å². The number of fused-ring (bicyclic) bond motifs is 2. The van der Waals surface area contributed by atoms with E-state index in [2.05, 4.69) is 72.9 Å². The number of aromatic nitrogens is 2. The molecule has 296 valence electrons. The second-order valence-corrected chi connectivity index (χ2v) is 18.0. The molecule has 6 fully saturated rings. The summed E-state index contributed by atoms with van der Waals surface area (Å²) in [6, 6.07) is 17.4. The Labute approximate surface area is 333 Å². The van der Waals surface area contributed by atoms with Crippen LogP contribution in [0.3, 0.4) is 0 Å². The summed E-state index contributed by atoms with van der Waals surface area (Å²) in [5.41, 5.74) is 5.95. The van der Waals surface area contributed by atoms with E-state index in [4.69, 9.17) is 4.74 Å². The van der Waals surface area contributed by atoms with E-state index in [-0.39, 0.29) is 28.1 Å². The molecule has 0 radical (unpaired) electrons. The van der Waals surface area contributed by atoms with Gasteiger partial charge in [0.1, 0.15) is 23.3 Å². The highest BCUT2D eigenvalue weighted by Crippen LogP contribution is 2.56. The summed E-state index contributed by atoms with van der Waals surface area (Å²) >= 11 is 0. The minimum absolute atomic E-state index is 0.00735. The number of nitrogens with one attached hydrogen (secondary N) is 1. The quantitative estimate of drug-likeness (QED) is 0.276. The molecule has 12 nitrogen and oxygen atoms in total. The van der Waals surface area contributed by atoms with Crippen LogP contribution in [0.5, 0.6) is 0 Å². The van der Waals surface area contributed by atoms with E-state index in [1.165, 1.54) is 19.3 Å². The zero-order valence-electron chi connectivity index (χ0n) is 33.2. The maximum atomic E-state index is 14.6. The fourth-order valence-corrected chi connectivity index (χ4v) is 11.3. The molecular weight excluding hydrogens is 715 g/mol. The third-order valence-corrected chi connectivity index (χ3v) is 15.0. The summed E-state index contributed by atoms with van der Waals surface area (Å²) < 4.78 is 7.56. The number of rotatable bonds is 5. The van der Waals surface area contributed by atoms with Crippen molar-refractivity contribution >= 4 is 44.6 Å². The van der Waals surface area contributed by atoms with Gasteiger partial charge in [0.15, 0.2) is 0 Å². The van der Waals surface area contributed by atoms with Gasteiger partial charge in [-0.25, -0.2) is 0 Å². The maximum absolute atomic E-state index is 14.6. The van der Waals surface area contributed by atoms with Crippen molar-refractivity contribution in [3.05, 3.63) is 68.2 Å². The lowest BCUT2D eigenvalue weighted by Crippen LogP contribution is -2.50. The predicted octanol–water partition coefficient (Wildman–Crippen LogP) is 5.57. The summed E-state index contributed by atoms with van der Waals surface area (Å²) in [6.07, 6.45) is 9.73. The molecule has 6 heterocycles. The van der Waals surface area contributed by atoms with Crippen LogP contribution in [0.1, 0.15) is 75.0 Å². The lowest BCUT2D eigenvalue weighted by atomic mass is 9.60. The second kappa shape index (κ2) is 14.1. The molecule has 4 aliphatic heterocycles. The van der Waals surface area contributed by atoms with Crippen LogP contribution in [0.15, 0.2) is 46.0 Å². The number of morpholine rings is 1. The highest BCUT2D eigenvalue weighted by Gasteiger charge is 2.48. The van der Waals surface area contributed by atoms with Crippen molar-refractivity contribution in [2.24, 2.45) is 10.8 Å². The van der Waals surface area contributed by atoms with Gasteiger partial charge in [0, 0.05) is 93.6 Å². The molecule has 0 amide bonds. The van der Waals surface area contributed by atoms with Crippen molar-refractivity contribution in [2.45, 2.75) is 63.8 Å². The van der Waals surface area contributed by atoms with Crippen molar-refractivity contribution in [1.29, 1.82) is 10.5 Å². The van der Waals surface area contributed by atoms with Crippen LogP contribution >= 0.6 is 0 Å². The fraction of sp³-hybridized carbons (Fsp3) is 0.556. The van der Waals surface area contributed by atoms with Crippen LogP contribution in [0, 0.1) is 33.5 Å². The number of ether oxygens (including phenoxy) is 1. The number of aromatic amines is 1. The number of H-pyrrole nitrogens is 1. The summed E-state index contributed by atoms with van der Waals surface area (Å²) in [6.45, 7) is 10.1. The van der Waals surface area contributed by atoms with Gasteiger partial charge in [0.05, 0.1) is 35.6 Å². The van der Waals surface area contributed by atoms with Crippen molar-refractivity contribution < 1.29 is 4.74 Å². The Morgan fingerprint density at radius 2 is 1.25 bits per heavy atom. The second-order valence-electron chi connectivity index (χ2n) is 18.0. The SMILES string of the molecule is CN1CCN(c2ccc3c(c2)c(N2CCC4(CCC4)CC2)c(C#N)c(=O)n3C2CC3(CCN(c4c(C#N)c(=O)[nH]c5ccc(N6CCOCC6)cc45)CC3)C2)CC1. The Bertz CT molecular complexity index is 2420. The molecule has 6 aliphatic rings. The summed E-state index contributed by atoms with van der Waals surface area (Å²) in [7, 11) is 2.17. The van der Waals surface area contributed by atoms with Crippen LogP contribution in [-0.4, -0.2) is 100 Å². The number of hydrogen-bond acceptors (Lipinski definition) is 10. The van der Waals surface area contributed by atoms with Gasteiger partial charge in [0.25, 0.3) is 11.1 Å². The van der Waals surface area contributed by atoms with Crippen LogP contribution in [0.25, 0.3) is 21.8 Å². The van der Waals surface area contributed by atoms with Crippen molar-refractivity contribution in [3.8, 4) is 12.1 Å². The molecule has 2 spiro atoms. The lowest BCUT2D eigenvalue weighted by Gasteiger charge is -2.53. The monoisotopic (exact) mass is 767 g/mol. The first-order valence-electron chi connectivity index (χ1n) is 21.3. The third-order valence-electron chi connectivity index (χ3n) is 15.0. The smallest absolute Gasteiger partial charge is 0.271 e. The van der Waals surface area contributed by atoms with E-state index in [1.807, 2.05) is 16.7 Å². The minimum atomic E-state index is -0.353. The summed E-state index contributed by atoms with van der Waals surface area (Å²) in [5.74, 6) is 0. The van der Waals surface area contributed by atoms with Crippen LogP contribution in [-0.2, 0) is 4.74 Å². The fourth-order valence-electron chi connectivity index (χ4n) is 11.3. The van der Waals surface area contributed by atoms with Crippen LogP contribution in [0.2, 0.25) is 0 Å². The molecule has 4 aromatic rings. The Morgan fingerprint density at radius 3 is 1.86 bits per heavy atom. The van der Waals surface area contributed by atoms with E-state index in [0.29, 0.717) is 24.2 Å². The molecule has 10 rings (SSSR count). The van der Waals surface area contributed by atoms with Gasteiger partial charge in [-0.05, 0) is 106 Å². The molecule has 0 atom stereocenters. The van der Waals surface area contributed by atoms with Crippen LogP contribution in [0.4, 0.5) is 22.7 Å². The number of nitrogens with zero attached hydrogens (tertiary/aromatic N) is 8. The van der Waals surface area contributed by atoms with Gasteiger partial charge >= 0.3 is 0 Å². The molecule has 1 N–H and O–H groups in total. The van der Waals surface area contributed by atoms with E-state index >= 15 is 0 Å². The first kappa shape index (κ1) is 36.3. The van der Waals surface area contributed by atoms with Gasteiger partial charge in [-0.1, -0.05) is 6.42 Å². The summed E-state index contributed by atoms with van der Waals surface area (Å²) in [5, 5.41) is 22.9. The highest BCUT2D eigenvalue weighted by atomic mass is 16.5. The number of benzene rings is 2. The van der Waals surface area contributed by atoms with E-state index in [1.54, 1.807) is 0 Å². The minimum Gasteiger partial charge on any atom is -0.378 e. The zero-order chi connectivity index (χ0) is 38.9. The molecule has 2 saturated carbocycles. The maximum Gasteiger partial charge on any atom is 0.271 e. The standard InChI is InChI=1S/C45H53N9O3/c1-49-17-19-50(20-18-49)32-4-6-39-35(26-32)41(53-13-9-44(10-14-53)7-2-8-44)37(30-47)43(56)54(39)33-27-45(28-33)11-15-52(16-12-45)40-34-25-31(51-21-23-57-24-22-51)3-5-38(34)48-42(55)36(40)29-46/h3-6,25-26,33H,2,7-24,27-28H2,1H3,(H,48,55). The zero-order valence-corrected chi connectivity index (χ0v) is 33.2. The Morgan fingerprint density at radius 1 is 0.667 bits per heavy atom. The number of piperidine rings is 2. The third kappa shape index (κ3) is 6.15. The van der Waals surface area contributed by atoms with Gasteiger partial charge in [0.2, 0.25) is 0 Å². The Balaban J connectivity index is 0.949. The molecule has 2 aliphatic carbocycles. The average Bonchev–Trinajstić information content (AvgIpc) is 3.22. The highest BCUT2D eigenvalue weighted by molar-refractivity contribution is 5.98. The molecule has 4 saturated heterocycles. The first-order chi connectivity index (χ1) is 27.8. The normalized spacial score (nSPS) is 22.4. The molecule has 12 heteroatoms. The molecule has 57 heavy (non-hydrogen) atoms. The largest absolute Gasteiger partial charge is 0.378 e. The summed E-state index contributed by atoms with van der Waals surface area (Å²) in [4.78, 5) is 42.5. The predicted molar refractivity (Wildman–Crippen MR) is 225 cm³/mol. The number of hydrogen-bond donors (Lipinski definition) is 1. The Kier molecular flexibility index (Phi) is 8.99. The van der Waals surface area contributed by atoms with Crippen molar-refractivity contribution in [3.63, 3.8) is 0 Å². The van der Waals surface area contributed by atoms with Gasteiger partial charge in [-0.3, -0.25) is 9.59 Å². The van der Waals surface area contributed by atoms with Gasteiger partial charge in [-0.15, -0.1) is 0 Å².